The van der Waals surface area contributed by atoms with Crippen LogP contribution >= 0.6 is 0 Å². The van der Waals surface area contributed by atoms with E-state index in [2.05, 4.69) is 11.6 Å². The zero-order chi connectivity index (χ0) is 44.4. The number of rotatable bonds is 12. The molecule has 0 unspecified atom stereocenters. The summed E-state index contributed by atoms with van der Waals surface area (Å²) < 4.78 is 33.3. The molecule has 0 bridgehead atoms. The first-order chi connectivity index (χ1) is 28.2. The number of unbranched alkanes of at least 4 members (excludes halogenated alkanes) is 1. The predicted octanol–water partition coefficient (Wildman–Crippen LogP) is 5.39. The van der Waals surface area contributed by atoms with Gasteiger partial charge in [-0.2, -0.15) is 0 Å². The van der Waals surface area contributed by atoms with E-state index in [-0.39, 0.29) is 43.1 Å². The second-order valence-electron chi connectivity index (χ2n) is 17.6. The molecule has 60 heavy (non-hydrogen) atoms. The van der Waals surface area contributed by atoms with Crippen molar-refractivity contribution in [1.82, 2.24) is 19.4 Å². The number of hydrogen-bond donors (Lipinski definition) is 1. The Kier molecular flexibility index (Phi) is 14.8. The SMILES string of the molecule is C=C[C@]12OC(=O)N(CCCCn3ccc4nc(C(C)=O)ccc43)[C@@H]1[C@@H](C)C(=O)[C@H](C)C[C@@](C)(OC)[C@H](O[C@@H]1O[C@H](C)C[C@H](N(C)C)[C@H]1O)[C@@H](C)C(=O)[C@@H](C)C(=O)O[C@@H]2CC. The molecule has 5 rings (SSSR count). The van der Waals surface area contributed by atoms with Crippen LogP contribution in [0.5, 0.6) is 0 Å². The number of methoxy groups -OCH3 is 1. The molecule has 15 nitrogen and oxygen atoms in total. The van der Waals surface area contributed by atoms with Crippen molar-refractivity contribution in [3.63, 3.8) is 0 Å². The smallest absolute Gasteiger partial charge is 0.411 e. The van der Waals surface area contributed by atoms with Crippen LogP contribution in [0.15, 0.2) is 37.1 Å². The number of aryl methyl sites for hydroxylation is 1. The molecular weight excluding hydrogens is 773 g/mol. The minimum absolute atomic E-state index is 0.0939. The highest BCUT2D eigenvalue weighted by Crippen LogP contribution is 2.44. The molecule has 13 atom stereocenters. The molecule has 1 N–H and O–H groups in total. The van der Waals surface area contributed by atoms with Gasteiger partial charge >= 0.3 is 12.1 Å². The number of likely N-dealkylation sites (N-methyl/N-ethyl adjacent to an activating group) is 1. The Bertz CT molecular complexity index is 1920. The van der Waals surface area contributed by atoms with Gasteiger partial charge in [0.25, 0.3) is 0 Å². The summed E-state index contributed by atoms with van der Waals surface area (Å²) in [6.07, 6.45) is 0.111. The standard InChI is InChI=1S/C45H66N4O11/c1-13-35-45(14-2)39(49(43(55)60-45)21-16-15-20-48-22-19-32-33(48)18-17-31(46-32)30(8)50)27(5)36(51)25(3)24-44(9,56-12)40(28(6)37(52)29(7)41(54)58-35)59-42-38(53)34(47(10)11)23-26(4)57-42/h14,17-19,22,25-29,34-35,38-40,42,53H,2,13,15-16,20-21,23-24H2,1,3-12H3/t25-,26-,27+,28+,29-,34+,35-,38-,39-,40-,42+,44-,45-/m1/s1. The Morgan fingerprint density at radius 1 is 1.05 bits per heavy atom. The summed E-state index contributed by atoms with van der Waals surface area (Å²) >= 11 is 0. The molecule has 0 radical (unpaired) electrons. The largest absolute Gasteiger partial charge is 0.457 e. The Labute approximate surface area is 354 Å². The average molecular weight is 839 g/mol. The van der Waals surface area contributed by atoms with Crippen LogP contribution in [0.4, 0.5) is 4.79 Å². The van der Waals surface area contributed by atoms with Crippen molar-refractivity contribution in [2.75, 3.05) is 27.7 Å². The summed E-state index contributed by atoms with van der Waals surface area (Å²) in [4.78, 5) is 77.0. The number of aliphatic hydroxyl groups excluding tert-OH is 1. The van der Waals surface area contributed by atoms with Gasteiger partial charge in [0.15, 0.2) is 23.5 Å². The van der Waals surface area contributed by atoms with Crippen LogP contribution in [0.1, 0.15) is 98.0 Å². The number of fused-ring (bicyclic) bond motifs is 2. The van der Waals surface area contributed by atoms with E-state index in [0.29, 0.717) is 37.0 Å². The van der Waals surface area contributed by atoms with E-state index in [1.807, 2.05) is 48.8 Å². The quantitative estimate of drug-likeness (QED) is 0.0948. The molecule has 3 saturated heterocycles. The fourth-order valence-corrected chi connectivity index (χ4v) is 9.71. The summed E-state index contributed by atoms with van der Waals surface area (Å²) in [6, 6.07) is 4.23. The van der Waals surface area contributed by atoms with Gasteiger partial charge in [0.1, 0.15) is 29.6 Å². The van der Waals surface area contributed by atoms with Gasteiger partial charge in [0.2, 0.25) is 0 Å². The summed E-state index contributed by atoms with van der Waals surface area (Å²) in [7, 11) is 5.21. The van der Waals surface area contributed by atoms with E-state index in [4.69, 9.17) is 23.7 Å². The van der Waals surface area contributed by atoms with Crippen LogP contribution in [0.3, 0.4) is 0 Å². The third kappa shape index (κ3) is 9.11. The number of amides is 1. The van der Waals surface area contributed by atoms with Crippen molar-refractivity contribution in [3.8, 4) is 0 Å². The van der Waals surface area contributed by atoms with Gasteiger partial charge < -0.3 is 38.3 Å². The first-order valence-corrected chi connectivity index (χ1v) is 21.3. The monoisotopic (exact) mass is 838 g/mol. The topological polar surface area (TPSA) is 176 Å². The lowest BCUT2D eigenvalue weighted by Crippen LogP contribution is -2.60. The Morgan fingerprint density at radius 2 is 1.73 bits per heavy atom. The minimum Gasteiger partial charge on any atom is -0.457 e. The molecule has 0 spiro atoms. The van der Waals surface area contributed by atoms with E-state index < -0.39 is 83.4 Å². The average Bonchev–Trinajstić information content (AvgIpc) is 3.76. The molecule has 5 heterocycles. The van der Waals surface area contributed by atoms with Gasteiger partial charge in [-0.3, -0.25) is 24.1 Å². The molecule has 0 aliphatic carbocycles. The number of aliphatic hydroxyl groups is 1. The number of esters is 1. The van der Waals surface area contributed by atoms with Crippen molar-refractivity contribution in [2.24, 2.45) is 23.7 Å². The Morgan fingerprint density at radius 3 is 2.35 bits per heavy atom. The third-order valence-electron chi connectivity index (χ3n) is 13.2. The third-order valence-corrected chi connectivity index (χ3v) is 13.2. The fraction of sp³-hybridized carbons (Fsp3) is 0.689. The maximum absolute atomic E-state index is 14.8. The zero-order valence-corrected chi connectivity index (χ0v) is 37.2. The Balaban J connectivity index is 1.47. The van der Waals surface area contributed by atoms with E-state index in [1.165, 1.54) is 27.0 Å². The van der Waals surface area contributed by atoms with Crippen LogP contribution in [0.25, 0.3) is 11.0 Å². The van der Waals surface area contributed by atoms with Gasteiger partial charge in [-0.25, -0.2) is 9.78 Å². The van der Waals surface area contributed by atoms with Crippen LogP contribution < -0.4 is 0 Å². The first-order valence-electron chi connectivity index (χ1n) is 21.3. The number of carbonyl (C=O) groups is 5. The molecule has 3 aliphatic rings. The number of carbonyl (C=O) groups excluding carboxylic acids is 5. The Hall–Kier alpha value is -4.02. The predicted molar refractivity (Wildman–Crippen MR) is 223 cm³/mol. The van der Waals surface area contributed by atoms with Crippen molar-refractivity contribution in [2.45, 2.75) is 148 Å². The number of Topliss-reactive ketones (excluding diaryl/α,β-unsaturated/α-hetero) is 3. The molecule has 2 aromatic heterocycles. The first kappa shape index (κ1) is 47.0. The van der Waals surface area contributed by atoms with Crippen LogP contribution in [0, 0.1) is 23.7 Å². The maximum Gasteiger partial charge on any atom is 0.411 e. The highest BCUT2D eigenvalue weighted by Gasteiger charge is 2.61. The van der Waals surface area contributed by atoms with Crippen molar-refractivity contribution < 1.29 is 52.8 Å². The molecule has 15 heteroatoms. The number of ketones is 3. The van der Waals surface area contributed by atoms with Gasteiger partial charge in [0, 0.05) is 57.1 Å². The molecule has 3 fully saturated rings. The fourth-order valence-electron chi connectivity index (χ4n) is 9.71. The molecule has 3 aliphatic heterocycles. The van der Waals surface area contributed by atoms with Crippen LogP contribution in [-0.4, -0.2) is 136 Å². The van der Waals surface area contributed by atoms with E-state index in [1.54, 1.807) is 45.6 Å². The van der Waals surface area contributed by atoms with Crippen molar-refractivity contribution in [1.29, 1.82) is 0 Å². The lowest BCUT2D eigenvalue weighted by molar-refractivity contribution is -0.295. The number of nitrogens with zero attached hydrogens (tertiary/aromatic N) is 4. The maximum atomic E-state index is 14.8. The molecule has 0 saturated carbocycles. The molecule has 2 aromatic rings. The number of cyclic esters (lactones) is 1. The number of ether oxygens (including phenoxy) is 5. The van der Waals surface area contributed by atoms with Gasteiger partial charge in [-0.15, -0.1) is 0 Å². The van der Waals surface area contributed by atoms with Crippen molar-refractivity contribution in [3.05, 3.63) is 42.7 Å². The second kappa shape index (κ2) is 18.9. The summed E-state index contributed by atoms with van der Waals surface area (Å²) in [6.45, 7) is 18.5. The van der Waals surface area contributed by atoms with E-state index >= 15 is 0 Å². The number of hydrogen-bond acceptors (Lipinski definition) is 13. The highest BCUT2D eigenvalue weighted by molar-refractivity contribution is 6.00. The summed E-state index contributed by atoms with van der Waals surface area (Å²) in [5.74, 6) is -5.40. The van der Waals surface area contributed by atoms with Crippen LogP contribution in [-0.2, 0) is 44.6 Å². The number of pyridine rings is 1. The van der Waals surface area contributed by atoms with Crippen LogP contribution in [0.2, 0.25) is 0 Å². The summed E-state index contributed by atoms with van der Waals surface area (Å²) in [5.41, 5.74) is -0.929. The zero-order valence-electron chi connectivity index (χ0n) is 37.2. The highest BCUT2D eigenvalue weighted by atomic mass is 16.7. The minimum atomic E-state index is -1.62. The molecule has 332 valence electrons. The van der Waals surface area contributed by atoms with Gasteiger partial charge in [0.05, 0.1) is 34.9 Å². The molecule has 0 aromatic carbocycles. The van der Waals surface area contributed by atoms with E-state index in [0.717, 1.165) is 5.52 Å². The number of aromatic nitrogens is 2. The second-order valence-corrected chi connectivity index (χ2v) is 17.6. The molecular formula is C45H66N4O11. The normalized spacial score (nSPS) is 35.9. The van der Waals surface area contributed by atoms with Gasteiger partial charge in [-0.05, 0) is 91.2 Å². The lowest BCUT2D eigenvalue weighted by Gasteiger charge is -2.47. The van der Waals surface area contributed by atoms with Gasteiger partial charge in [-0.1, -0.05) is 34.3 Å². The van der Waals surface area contributed by atoms with E-state index in [9.17, 15) is 29.1 Å². The summed E-state index contributed by atoms with van der Waals surface area (Å²) in [5, 5.41) is 11.5. The van der Waals surface area contributed by atoms with Crippen molar-refractivity contribution >= 4 is 40.4 Å². The molecule has 1 amide bonds. The lowest BCUT2D eigenvalue weighted by atomic mass is 9.72.